The zero-order valence-corrected chi connectivity index (χ0v) is 11.1. The zero-order valence-electron chi connectivity index (χ0n) is 11.1. The van der Waals surface area contributed by atoms with Crippen LogP contribution in [0.1, 0.15) is 32.6 Å². The van der Waals surface area contributed by atoms with Crippen molar-refractivity contribution in [3.8, 4) is 0 Å². The van der Waals surface area contributed by atoms with E-state index in [-0.39, 0.29) is 18.2 Å². The Morgan fingerprint density at radius 3 is 3.11 bits per heavy atom. The van der Waals surface area contributed by atoms with Crippen LogP contribution in [0.3, 0.4) is 0 Å². The third kappa shape index (κ3) is 3.02. The van der Waals surface area contributed by atoms with Gasteiger partial charge in [0.05, 0.1) is 12.7 Å². The van der Waals surface area contributed by atoms with E-state index in [1.807, 2.05) is 0 Å². The van der Waals surface area contributed by atoms with Crippen molar-refractivity contribution < 1.29 is 19.4 Å². The quantitative estimate of drug-likeness (QED) is 0.693. The zero-order chi connectivity index (χ0) is 13.0. The molecule has 1 N–H and O–H groups in total. The van der Waals surface area contributed by atoms with Gasteiger partial charge in [0.1, 0.15) is 6.61 Å². The van der Waals surface area contributed by atoms with Crippen molar-refractivity contribution in [1.82, 2.24) is 4.90 Å². The van der Waals surface area contributed by atoms with Gasteiger partial charge in [-0.3, -0.25) is 4.90 Å². The largest absolute Gasteiger partial charge is 0.480 e. The summed E-state index contributed by atoms with van der Waals surface area (Å²) in [4.78, 5) is 13.0. The van der Waals surface area contributed by atoms with Crippen molar-refractivity contribution in [2.45, 2.75) is 44.2 Å². The summed E-state index contributed by atoms with van der Waals surface area (Å²) in [5.74, 6) is -0.890. The fourth-order valence-electron chi connectivity index (χ4n) is 3.17. The maximum atomic E-state index is 10.5. The van der Waals surface area contributed by atoms with Gasteiger partial charge in [0, 0.05) is 18.7 Å². The molecule has 2 atom stereocenters. The minimum absolute atomic E-state index is 0.0478. The van der Waals surface area contributed by atoms with Crippen molar-refractivity contribution in [2.24, 2.45) is 0 Å². The molecule has 2 saturated heterocycles. The predicted molar refractivity (Wildman–Crippen MR) is 66.6 cm³/mol. The van der Waals surface area contributed by atoms with Crippen LogP contribution < -0.4 is 0 Å². The lowest BCUT2D eigenvalue weighted by Gasteiger charge is -2.31. The Morgan fingerprint density at radius 1 is 1.56 bits per heavy atom. The van der Waals surface area contributed by atoms with Crippen LogP contribution in [0.2, 0.25) is 0 Å². The molecule has 104 valence electrons. The molecule has 0 aromatic carbocycles. The number of carboxylic acid groups (broad SMARTS) is 1. The monoisotopic (exact) mass is 257 g/mol. The molecule has 2 fully saturated rings. The number of nitrogens with zero attached hydrogens (tertiary/aromatic N) is 1. The number of ether oxygens (including phenoxy) is 2. The first-order valence-electron chi connectivity index (χ1n) is 6.82. The smallest absolute Gasteiger partial charge is 0.329 e. The Bertz CT molecular complexity index is 297. The van der Waals surface area contributed by atoms with Gasteiger partial charge in [-0.05, 0) is 32.2 Å². The molecular formula is C13H23NO4. The number of fused-ring (bicyclic) bond motifs is 1. The Labute approximate surface area is 108 Å². The number of carboxylic acids is 1. The highest BCUT2D eigenvalue weighted by Gasteiger charge is 2.48. The first-order valence-corrected chi connectivity index (χ1v) is 6.82. The van der Waals surface area contributed by atoms with E-state index in [1.165, 1.54) is 6.42 Å². The molecule has 0 radical (unpaired) electrons. The fraction of sp³-hybridized carbons (Fsp3) is 0.923. The number of aliphatic carboxylic acids is 1. The van der Waals surface area contributed by atoms with Crippen molar-refractivity contribution in [3.05, 3.63) is 0 Å². The topological polar surface area (TPSA) is 59.0 Å². The first-order chi connectivity index (χ1) is 8.66. The van der Waals surface area contributed by atoms with Crippen molar-refractivity contribution in [2.75, 3.05) is 32.9 Å². The SMILES string of the molecule is CCCOCC12CCCN1C[C@H](OCC(=O)O)C2. The number of hydrogen-bond donors (Lipinski definition) is 1. The van der Waals surface area contributed by atoms with Crippen LogP contribution in [0.25, 0.3) is 0 Å². The fourth-order valence-corrected chi connectivity index (χ4v) is 3.17. The number of carbonyl (C=O) groups is 1. The van der Waals surface area contributed by atoms with Gasteiger partial charge >= 0.3 is 5.97 Å². The molecule has 0 saturated carbocycles. The van der Waals surface area contributed by atoms with Gasteiger partial charge in [-0.25, -0.2) is 4.79 Å². The minimum Gasteiger partial charge on any atom is -0.480 e. The first kappa shape index (κ1) is 13.8. The van der Waals surface area contributed by atoms with Crippen LogP contribution in [-0.4, -0.2) is 60.5 Å². The van der Waals surface area contributed by atoms with Gasteiger partial charge in [-0.15, -0.1) is 0 Å². The number of rotatable bonds is 7. The summed E-state index contributed by atoms with van der Waals surface area (Å²) in [7, 11) is 0. The van der Waals surface area contributed by atoms with E-state index in [4.69, 9.17) is 14.6 Å². The maximum Gasteiger partial charge on any atom is 0.329 e. The van der Waals surface area contributed by atoms with E-state index in [0.29, 0.717) is 0 Å². The third-order valence-electron chi connectivity index (χ3n) is 3.93. The summed E-state index contributed by atoms with van der Waals surface area (Å²) in [6.07, 6.45) is 4.34. The van der Waals surface area contributed by atoms with Crippen LogP contribution in [0.15, 0.2) is 0 Å². The summed E-state index contributed by atoms with van der Waals surface area (Å²) in [5, 5.41) is 8.65. The van der Waals surface area contributed by atoms with Gasteiger partial charge in [0.2, 0.25) is 0 Å². The highest BCUT2D eigenvalue weighted by atomic mass is 16.5. The van der Waals surface area contributed by atoms with Gasteiger partial charge in [-0.2, -0.15) is 0 Å². The molecule has 2 aliphatic heterocycles. The molecule has 1 unspecified atom stereocenters. The molecule has 5 nitrogen and oxygen atoms in total. The van der Waals surface area contributed by atoms with E-state index in [0.717, 1.165) is 45.6 Å². The Balaban J connectivity index is 1.86. The van der Waals surface area contributed by atoms with Crippen LogP contribution in [0, 0.1) is 0 Å². The molecule has 18 heavy (non-hydrogen) atoms. The summed E-state index contributed by atoms with van der Waals surface area (Å²) >= 11 is 0. The molecular weight excluding hydrogens is 234 g/mol. The Kier molecular flexibility index (Phi) is 4.59. The second kappa shape index (κ2) is 5.99. The molecule has 0 bridgehead atoms. The lowest BCUT2D eigenvalue weighted by molar-refractivity contribution is -0.144. The van der Waals surface area contributed by atoms with Crippen LogP contribution in [0.4, 0.5) is 0 Å². The van der Waals surface area contributed by atoms with Gasteiger partial charge in [0.15, 0.2) is 0 Å². The molecule has 0 aromatic heterocycles. The van der Waals surface area contributed by atoms with E-state index in [9.17, 15) is 4.79 Å². The summed E-state index contributed by atoms with van der Waals surface area (Å²) in [5.41, 5.74) is 0.109. The Morgan fingerprint density at radius 2 is 2.39 bits per heavy atom. The van der Waals surface area contributed by atoms with E-state index in [1.54, 1.807) is 0 Å². The molecule has 2 rings (SSSR count). The highest BCUT2D eigenvalue weighted by Crippen LogP contribution is 2.40. The molecule has 0 spiro atoms. The molecule has 0 aliphatic carbocycles. The molecule has 2 heterocycles. The van der Waals surface area contributed by atoms with Crippen LogP contribution in [-0.2, 0) is 14.3 Å². The lowest BCUT2D eigenvalue weighted by atomic mass is 9.94. The number of hydrogen-bond acceptors (Lipinski definition) is 4. The average Bonchev–Trinajstić information content (AvgIpc) is 2.83. The lowest BCUT2D eigenvalue weighted by Crippen LogP contribution is -2.42. The molecule has 2 aliphatic rings. The average molecular weight is 257 g/mol. The normalized spacial score (nSPS) is 31.7. The van der Waals surface area contributed by atoms with Gasteiger partial charge in [-0.1, -0.05) is 6.92 Å². The van der Waals surface area contributed by atoms with E-state index < -0.39 is 5.97 Å². The summed E-state index contributed by atoms with van der Waals surface area (Å²) in [6.45, 7) is 5.41. The summed E-state index contributed by atoms with van der Waals surface area (Å²) in [6, 6.07) is 0. The van der Waals surface area contributed by atoms with Crippen LogP contribution >= 0.6 is 0 Å². The van der Waals surface area contributed by atoms with Crippen molar-refractivity contribution in [1.29, 1.82) is 0 Å². The van der Waals surface area contributed by atoms with Gasteiger partial charge < -0.3 is 14.6 Å². The van der Waals surface area contributed by atoms with Crippen LogP contribution in [0.5, 0.6) is 0 Å². The van der Waals surface area contributed by atoms with Crippen molar-refractivity contribution in [3.63, 3.8) is 0 Å². The Hall–Kier alpha value is -0.650. The standard InChI is InChI=1S/C13H23NO4/c1-2-6-17-10-13-4-3-5-14(13)8-11(7-13)18-9-12(15)16/h11H,2-10H2,1H3,(H,15,16)/t11-,13?/m1/s1. The molecule has 0 amide bonds. The van der Waals surface area contributed by atoms with E-state index >= 15 is 0 Å². The molecule has 5 heteroatoms. The second-order valence-corrected chi connectivity index (χ2v) is 5.36. The van der Waals surface area contributed by atoms with Gasteiger partial charge in [0.25, 0.3) is 0 Å². The molecule has 0 aromatic rings. The third-order valence-corrected chi connectivity index (χ3v) is 3.93. The van der Waals surface area contributed by atoms with E-state index in [2.05, 4.69) is 11.8 Å². The maximum absolute atomic E-state index is 10.5. The predicted octanol–water partition coefficient (Wildman–Crippen LogP) is 1.12. The highest BCUT2D eigenvalue weighted by molar-refractivity contribution is 5.68. The second-order valence-electron chi connectivity index (χ2n) is 5.36. The van der Waals surface area contributed by atoms with Crippen molar-refractivity contribution >= 4 is 5.97 Å². The summed E-state index contributed by atoms with van der Waals surface area (Å²) < 4.78 is 11.2. The minimum atomic E-state index is -0.890.